The van der Waals surface area contributed by atoms with Gasteiger partial charge in [-0.1, -0.05) is 11.6 Å². The third-order valence-electron chi connectivity index (χ3n) is 4.38. The van der Waals surface area contributed by atoms with Crippen molar-refractivity contribution < 1.29 is 18.3 Å². The number of carbonyl (C=O) groups excluding carboxylic acids is 1. The highest BCUT2D eigenvalue weighted by Crippen LogP contribution is 2.46. The van der Waals surface area contributed by atoms with E-state index in [0.717, 1.165) is 28.7 Å². The molecule has 0 saturated carbocycles. The van der Waals surface area contributed by atoms with Crippen LogP contribution in [-0.4, -0.2) is 11.8 Å². The van der Waals surface area contributed by atoms with Crippen LogP contribution in [0.4, 0.5) is 19.3 Å². The molecule has 4 rings (SSSR count). The molecule has 0 radical (unpaired) electrons. The van der Waals surface area contributed by atoms with Gasteiger partial charge in [0.1, 0.15) is 17.4 Å². The number of hydrogen-bond donors (Lipinski definition) is 1. The maximum absolute atomic E-state index is 14.2. The minimum atomic E-state index is -1.14. The summed E-state index contributed by atoms with van der Waals surface area (Å²) in [6, 6.07) is 7.25. The Labute approximate surface area is 142 Å². The second-order valence-corrected chi connectivity index (χ2v) is 6.53. The van der Waals surface area contributed by atoms with Gasteiger partial charge in [-0.2, -0.15) is 0 Å². The number of amides is 2. The van der Waals surface area contributed by atoms with Crippen LogP contribution >= 0.6 is 11.6 Å². The van der Waals surface area contributed by atoms with E-state index in [1.54, 1.807) is 25.1 Å². The maximum Gasteiger partial charge on any atom is 0.325 e. The van der Waals surface area contributed by atoms with Crippen molar-refractivity contribution in [1.82, 2.24) is 5.32 Å². The Bertz CT molecular complexity index is 860. The van der Waals surface area contributed by atoms with Gasteiger partial charge < -0.3 is 10.1 Å². The third-order valence-corrected chi connectivity index (χ3v) is 4.62. The number of halogens is 3. The van der Waals surface area contributed by atoms with Crippen LogP contribution in [-0.2, 0) is 0 Å². The van der Waals surface area contributed by atoms with Crippen molar-refractivity contribution in [3.63, 3.8) is 0 Å². The van der Waals surface area contributed by atoms with Crippen LogP contribution in [0.5, 0.6) is 5.75 Å². The quantitative estimate of drug-likeness (QED) is 0.828. The lowest BCUT2D eigenvalue weighted by atomic mass is 9.90. The van der Waals surface area contributed by atoms with Crippen LogP contribution in [0.25, 0.3) is 0 Å². The molecule has 7 heteroatoms. The van der Waals surface area contributed by atoms with Gasteiger partial charge in [-0.15, -0.1) is 0 Å². The molecule has 2 unspecified atom stereocenters. The van der Waals surface area contributed by atoms with Gasteiger partial charge in [0.25, 0.3) is 0 Å². The Hall–Kier alpha value is -2.34. The summed E-state index contributed by atoms with van der Waals surface area (Å²) in [6.07, 6.45) is 0.377. The Morgan fingerprint density at radius 3 is 2.88 bits per heavy atom. The Morgan fingerprint density at radius 2 is 2.08 bits per heavy atom. The molecule has 2 aromatic carbocycles. The molecular formula is C17H13ClF2N2O2. The van der Waals surface area contributed by atoms with Crippen LogP contribution < -0.4 is 15.0 Å². The van der Waals surface area contributed by atoms with Gasteiger partial charge in [-0.3, -0.25) is 4.90 Å². The molecule has 2 aliphatic rings. The van der Waals surface area contributed by atoms with Crippen molar-refractivity contribution in [3.05, 3.63) is 58.6 Å². The third kappa shape index (κ3) is 2.21. The highest BCUT2D eigenvalue weighted by Gasteiger charge is 2.50. The van der Waals surface area contributed by atoms with Gasteiger partial charge in [0.15, 0.2) is 5.72 Å². The van der Waals surface area contributed by atoms with E-state index in [1.807, 2.05) is 0 Å². The van der Waals surface area contributed by atoms with Crippen molar-refractivity contribution >= 4 is 23.3 Å². The summed E-state index contributed by atoms with van der Waals surface area (Å²) in [4.78, 5) is 13.7. The molecule has 1 N–H and O–H groups in total. The first-order chi connectivity index (χ1) is 11.4. The van der Waals surface area contributed by atoms with Gasteiger partial charge in [-0.25, -0.2) is 13.6 Å². The molecule has 0 aromatic heterocycles. The minimum Gasteiger partial charge on any atom is -0.467 e. The molecule has 0 aliphatic carbocycles. The number of benzene rings is 2. The van der Waals surface area contributed by atoms with Gasteiger partial charge in [-0.05, 0) is 37.3 Å². The number of hydrogen-bond acceptors (Lipinski definition) is 2. The van der Waals surface area contributed by atoms with Crippen molar-refractivity contribution in [2.75, 3.05) is 4.90 Å². The zero-order valence-corrected chi connectivity index (χ0v) is 13.4. The average Bonchev–Trinajstić information content (AvgIpc) is 2.51. The van der Waals surface area contributed by atoms with Crippen molar-refractivity contribution in [1.29, 1.82) is 0 Å². The first-order valence-electron chi connectivity index (χ1n) is 7.42. The SMILES string of the molecule is CC12CC(NC(=O)N1c1cc(F)ccc1F)c1cc(Cl)ccc1O2. The van der Waals surface area contributed by atoms with E-state index in [0.29, 0.717) is 17.2 Å². The summed E-state index contributed by atoms with van der Waals surface area (Å²) in [5.41, 5.74) is -0.527. The molecule has 2 atom stereocenters. The summed E-state index contributed by atoms with van der Waals surface area (Å²) in [7, 11) is 0. The number of urea groups is 1. The number of anilines is 1. The van der Waals surface area contributed by atoms with E-state index >= 15 is 0 Å². The molecule has 1 saturated heterocycles. The van der Waals surface area contributed by atoms with Gasteiger partial charge >= 0.3 is 6.03 Å². The number of nitrogens with zero attached hydrogens (tertiary/aromatic N) is 1. The Balaban J connectivity index is 1.83. The molecule has 2 aliphatic heterocycles. The lowest BCUT2D eigenvalue weighted by molar-refractivity contribution is 0.0373. The van der Waals surface area contributed by atoms with Crippen molar-refractivity contribution in [3.8, 4) is 5.75 Å². The van der Waals surface area contributed by atoms with E-state index in [9.17, 15) is 13.6 Å². The lowest BCUT2D eigenvalue weighted by Crippen LogP contribution is -2.65. The molecule has 2 bridgehead atoms. The van der Waals surface area contributed by atoms with Crippen molar-refractivity contribution in [2.24, 2.45) is 0 Å². The van der Waals surface area contributed by atoms with Gasteiger partial charge in [0.05, 0.1) is 11.7 Å². The van der Waals surface area contributed by atoms with E-state index in [2.05, 4.69) is 5.32 Å². The van der Waals surface area contributed by atoms with Crippen LogP contribution in [0, 0.1) is 11.6 Å². The van der Waals surface area contributed by atoms with Crippen LogP contribution in [0.2, 0.25) is 5.02 Å². The zero-order chi connectivity index (χ0) is 17.1. The summed E-state index contributed by atoms with van der Waals surface area (Å²) in [5.74, 6) is -0.774. The number of ether oxygens (including phenoxy) is 1. The first-order valence-corrected chi connectivity index (χ1v) is 7.79. The second-order valence-electron chi connectivity index (χ2n) is 6.10. The molecular weight excluding hydrogens is 338 g/mol. The number of carbonyl (C=O) groups is 1. The molecule has 2 amide bonds. The predicted octanol–water partition coefficient (Wildman–Crippen LogP) is 4.39. The Morgan fingerprint density at radius 1 is 1.29 bits per heavy atom. The molecule has 2 heterocycles. The summed E-state index contributed by atoms with van der Waals surface area (Å²) in [5, 5.41) is 3.35. The predicted molar refractivity (Wildman–Crippen MR) is 85.2 cm³/mol. The topological polar surface area (TPSA) is 41.6 Å². The Kier molecular flexibility index (Phi) is 3.22. The molecule has 0 spiro atoms. The monoisotopic (exact) mass is 350 g/mol. The van der Waals surface area contributed by atoms with E-state index < -0.39 is 23.4 Å². The zero-order valence-electron chi connectivity index (χ0n) is 12.6. The van der Waals surface area contributed by atoms with E-state index in [1.165, 1.54) is 0 Å². The second kappa shape index (κ2) is 5.08. The van der Waals surface area contributed by atoms with Gasteiger partial charge in [0, 0.05) is 23.1 Å². The van der Waals surface area contributed by atoms with Crippen molar-refractivity contribution in [2.45, 2.75) is 25.1 Å². The van der Waals surface area contributed by atoms with E-state index in [-0.39, 0.29) is 11.7 Å². The molecule has 124 valence electrons. The maximum atomic E-state index is 14.2. The fourth-order valence-corrected chi connectivity index (χ4v) is 3.55. The van der Waals surface area contributed by atoms with Crippen LogP contribution in [0.1, 0.15) is 24.9 Å². The summed E-state index contributed by atoms with van der Waals surface area (Å²) in [6.45, 7) is 1.68. The fraction of sp³-hybridized carbons (Fsp3) is 0.235. The normalized spacial score (nSPS) is 24.9. The van der Waals surface area contributed by atoms with Gasteiger partial charge in [0.2, 0.25) is 0 Å². The smallest absolute Gasteiger partial charge is 0.325 e. The minimum absolute atomic E-state index is 0.161. The summed E-state index contributed by atoms with van der Waals surface area (Å²) >= 11 is 6.02. The molecule has 1 fully saturated rings. The largest absolute Gasteiger partial charge is 0.467 e. The number of fused-ring (bicyclic) bond motifs is 4. The standard InChI is InChI=1S/C17H13ClF2N2O2/c1-17-8-13(11-6-9(18)2-5-15(11)24-17)21-16(23)22(17)14-7-10(19)3-4-12(14)20/h2-7,13H,8H2,1H3,(H,21,23). The number of nitrogens with one attached hydrogen (secondary N) is 1. The highest BCUT2D eigenvalue weighted by atomic mass is 35.5. The fourth-order valence-electron chi connectivity index (χ4n) is 3.37. The number of rotatable bonds is 1. The summed E-state index contributed by atoms with van der Waals surface area (Å²) < 4.78 is 33.8. The van der Waals surface area contributed by atoms with Crippen LogP contribution in [0.3, 0.4) is 0 Å². The molecule has 4 nitrogen and oxygen atoms in total. The molecule has 24 heavy (non-hydrogen) atoms. The average molecular weight is 351 g/mol. The first kappa shape index (κ1) is 15.2. The van der Waals surface area contributed by atoms with Crippen LogP contribution in [0.15, 0.2) is 36.4 Å². The lowest BCUT2D eigenvalue weighted by Gasteiger charge is -2.50. The van der Waals surface area contributed by atoms with E-state index in [4.69, 9.17) is 16.3 Å². The highest BCUT2D eigenvalue weighted by molar-refractivity contribution is 6.30. The molecule has 2 aromatic rings.